The molecule has 1 amide bonds. The third-order valence-electron chi connectivity index (χ3n) is 6.36. The Morgan fingerprint density at radius 1 is 1.00 bits per heavy atom. The van der Waals surface area contributed by atoms with Gasteiger partial charge in [0.15, 0.2) is 6.10 Å². The number of fused-ring (bicyclic) bond motifs is 1. The number of halogens is 3. The molecule has 1 atom stereocenters. The van der Waals surface area contributed by atoms with Gasteiger partial charge >= 0.3 is 12.1 Å². The number of carbonyl (C=O) groups is 2. The number of rotatable bonds is 6. The van der Waals surface area contributed by atoms with Gasteiger partial charge in [-0.15, -0.1) is 0 Å². The number of carbonyl (C=O) groups excluding carboxylic acids is 2. The first-order chi connectivity index (χ1) is 18.3. The molecule has 2 N–H and O–H groups in total. The van der Waals surface area contributed by atoms with Gasteiger partial charge in [0.25, 0.3) is 0 Å². The SMILES string of the molecule is COC(=O)C(OC(C)(C)C)c1c(C(F)(F)F)ccc(-c2cccc(C(N)=O)c2)c1-c1ccc2c(c1)CCCO2. The van der Waals surface area contributed by atoms with Gasteiger partial charge in [0, 0.05) is 11.1 Å². The molecule has 0 radical (unpaired) electrons. The van der Waals surface area contributed by atoms with E-state index >= 15 is 0 Å². The predicted octanol–water partition coefficient (Wildman–Crippen LogP) is 6.49. The summed E-state index contributed by atoms with van der Waals surface area (Å²) < 4.78 is 60.4. The molecule has 0 aliphatic carbocycles. The fourth-order valence-electron chi connectivity index (χ4n) is 4.73. The van der Waals surface area contributed by atoms with E-state index in [1.807, 2.05) is 0 Å². The lowest BCUT2D eigenvalue weighted by Gasteiger charge is -2.31. The van der Waals surface area contributed by atoms with Gasteiger partial charge in [-0.1, -0.05) is 24.3 Å². The number of aryl methyl sites for hydroxylation is 1. The molecule has 206 valence electrons. The Balaban J connectivity index is 2.14. The van der Waals surface area contributed by atoms with Crippen LogP contribution in [0.4, 0.5) is 13.2 Å². The number of nitrogens with two attached hydrogens (primary N) is 1. The van der Waals surface area contributed by atoms with Crippen molar-refractivity contribution in [3.05, 3.63) is 76.9 Å². The third kappa shape index (κ3) is 6.09. The number of amides is 1. The Hall–Kier alpha value is -3.85. The lowest BCUT2D eigenvalue weighted by molar-refractivity contribution is -0.166. The molecule has 6 nitrogen and oxygen atoms in total. The molecule has 0 spiro atoms. The summed E-state index contributed by atoms with van der Waals surface area (Å²) in [5, 5.41) is 0. The van der Waals surface area contributed by atoms with Crippen LogP contribution in [0.25, 0.3) is 22.3 Å². The van der Waals surface area contributed by atoms with Crippen LogP contribution in [0.3, 0.4) is 0 Å². The van der Waals surface area contributed by atoms with E-state index < -0.39 is 35.3 Å². The first-order valence-electron chi connectivity index (χ1n) is 12.5. The second kappa shape index (κ2) is 10.7. The average Bonchev–Trinajstić information content (AvgIpc) is 2.89. The van der Waals surface area contributed by atoms with Crippen LogP contribution < -0.4 is 10.5 Å². The molecule has 4 rings (SSSR count). The molecule has 9 heteroatoms. The Morgan fingerprint density at radius 2 is 1.74 bits per heavy atom. The molecule has 3 aromatic rings. The maximum absolute atomic E-state index is 14.6. The van der Waals surface area contributed by atoms with E-state index in [1.54, 1.807) is 51.1 Å². The molecule has 0 saturated carbocycles. The maximum Gasteiger partial charge on any atom is 0.416 e. The fraction of sp³-hybridized carbons (Fsp3) is 0.333. The predicted molar refractivity (Wildman–Crippen MR) is 140 cm³/mol. The molecule has 0 bridgehead atoms. The summed E-state index contributed by atoms with van der Waals surface area (Å²) >= 11 is 0. The van der Waals surface area contributed by atoms with Crippen LogP contribution in [-0.4, -0.2) is 31.2 Å². The van der Waals surface area contributed by atoms with E-state index in [1.165, 1.54) is 18.2 Å². The van der Waals surface area contributed by atoms with Crippen LogP contribution in [0, 0.1) is 0 Å². The van der Waals surface area contributed by atoms with Crippen molar-refractivity contribution < 1.29 is 37.0 Å². The largest absolute Gasteiger partial charge is 0.493 e. The number of methoxy groups -OCH3 is 1. The van der Waals surface area contributed by atoms with Gasteiger partial charge in [0.2, 0.25) is 5.91 Å². The van der Waals surface area contributed by atoms with E-state index in [4.69, 9.17) is 19.9 Å². The first-order valence-corrected chi connectivity index (χ1v) is 12.5. The zero-order chi connectivity index (χ0) is 28.5. The maximum atomic E-state index is 14.6. The van der Waals surface area contributed by atoms with E-state index in [0.717, 1.165) is 25.2 Å². The van der Waals surface area contributed by atoms with Gasteiger partial charge in [-0.2, -0.15) is 13.2 Å². The average molecular weight is 542 g/mol. The van der Waals surface area contributed by atoms with Gasteiger partial charge < -0.3 is 19.9 Å². The summed E-state index contributed by atoms with van der Waals surface area (Å²) in [6, 6.07) is 13.7. The van der Waals surface area contributed by atoms with Gasteiger partial charge in [0.1, 0.15) is 5.75 Å². The molecule has 3 aromatic carbocycles. The van der Waals surface area contributed by atoms with Crippen LogP contribution in [0.2, 0.25) is 0 Å². The Kier molecular flexibility index (Phi) is 7.75. The normalized spacial score (nSPS) is 14.2. The molecular formula is C30H30F3NO5. The minimum absolute atomic E-state index is 0.138. The van der Waals surface area contributed by atoms with Crippen LogP contribution in [0.15, 0.2) is 54.6 Å². The van der Waals surface area contributed by atoms with Crippen LogP contribution >= 0.6 is 0 Å². The molecule has 0 fully saturated rings. The minimum atomic E-state index is -4.82. The Labute approximate surface area is 224 Å². The Bertz CT molecular complexity index is 1410. The summed E-state index contributed by atoms with van der Waals surface area (Å²) in [4.78, 5) is 25.0. The molecule has 1 aliphatic heterocycles. The monoisotopic (exact) mass is 541 g/mol. The van der Waals surface area contributed by atoms with Crippen molar-refractivity contribution in [2.45, 2.75) is 51.5 Å². The summed E-state index contributed by atoms with van der Waals surface area (Å²) in [5.74, 6) is -0.993. The van der Waals surface area contributed by atoms with Gasteiger partial charge in [-0.25, -0.2) is 4.79 Å². The van der Waals surface area contributed by atoms with E-state index in [-0.39, 0.29) is 16.7 Å². The molecule has 0 aromatic heterocycles. The number of primary amides is 1. The highest BCUT2D eigenvalue weighted by Crippen LogP contribution is 2.47. The smallest absolute Gasteiger partial charge is 0.416 e. The molecule has 1 aliphatic rings. The summed E-state index contributed by atoms with van der Waals surface area (Å²) in [5.41, 5.74) is 5.51. The lowest BCUT2D eigenvalue weighted by atomic mass is 9.83. The molecule has 1 heterocycles. The summed E-state index contributed by atoms with van der Waals surface area (Å²) in [7, 11) is 1.10. The highest BCUT2D eigenvalue weighted by atomic mass is 19.4. The highest BCUT2D eigenvalue weighted by molar-refractivity contribution is 5.96. The van der Waals surface area contributed by atoms with Crippen molar-refractivity contribution in [1.29, 1.82) is 0 Å². The van der Waals surface area contributed by atoms with Crippen LogP contribution in [0.5, 0.6) is 5.75 Å². The van der Waals surface area contributed by atoms with Gasteiger partial charge in [-0.3, -0.25) is 4.79 Å². The Morgan fingerprint density at radius 3 is 2.38 bits per heavy atom. The summed E-state index contributed by atoms with van der Waals surface area (Å²) in [6.45, 7) is 5.49. The molecular weight excluding hydrogens is 511 g/mol. The van der Waals surface area contributed by atoms with Crippen molar-refractivity contribution in [2.75, 3.05) is 13.7 Å². The van der Waals surface area contributed by atoms with Crippen molar-refractivity contribution >= 4 is 11.9 Å². The van der Waals surface area contributed by atoms with E-state index in [0.29, 0.717) is 35.5 Å². The van der Waals surface area contributed by atoms with Crippen molar-refractivity contribution in [1.82, 2.24) is 0 Å². The topological polar surface area (TPSA) is 87.9 Å². The highest BCUT2D eigenvalue weighted by Gasteiger charge is 2.42. The van der Waals surface area contributed by atoms with Crippen molar-refractivity contribution in [3.8, 4) is 28.0 Å². The fourth-order valence-corrected chi connectivity index (χ4v) is 4.73. The van der Waals surface area contributed by atoms with Crippen molar-refractivity contribution in [2.24, 2.45) is 5.73 Å². The summed E-state index contributed by atoms with van der Waals surface area (Å²) in [6.07, 6.45) is -5.07. The standard InChI is InChI=1S/C30H30F3NO5/c1-29(2,3)39-26(28(36)37-4)25-22(30(31,32)33)12-11-21(17-7-5-8-20(15-17)27(34)35)24(25)19-10-13-23-18(16-19)9-6-14-38-23/h5,7-8,10-13,15-16,26H,6,9,14H2,1-4H3,(H2,34,35). The molecule has 1 unspecified atom stereocenters. The second-order valence-corrected chi connectivity index (χ2v) is 10.3. The van der Waals surface area contributed by atoms with E-state index in [2.05, 4.69) is 0 Å². The van der Waals surface area contributed by atoms with Gasteiger partial charge in [0.05, 0.1) is 24.9 Å². The minimum Gasteiger partial charge on any atom is -0.493 e. The van der Waals surface area contributed by atoms with E-state index in [9.17, 15) is 22.8 Å². The lowest BCUT2D eigenvalue weighted by Crippen LogP contribution is -2.30. The van der Waals surface area contributed by atoms with Crippen molar-refractivity contribution in [3.63, 3.8) is 0 Å². The number of hydrogen-bond acceptors (Lipinski definition) is 5. The van der Waals surface area contributed by atoms with Crippen LogP contribution in [-0.2, 0) is 26.9 Å². The number of alkyl halides is 3. The molecule has 0 saturated heterocycles. The third-order valence-corrected chi connectivity index (χ3v) is 6.36. The zero-order valence-corrected chi connectivity index (χ0v) is 22.1. The second-order valence-electron chi connectivity index (χ2n) is 10.3. The number of hydrogen-bond donors (Lipinski definition) is 1. The number of esters is 1. The first kappa shape index (κ1) is 28.2. The number of ether oxygens (including phenoxy) is 3. The number of benzene rings is 3. The molecule has 39 heavy (non-hydrogen) atoms. The van der Waals surface area contributed by atoms with Crippen LogP contribution in [0.1, 0.15) is 60.3 Å². The van der Waals surface area contributed by atoms with Gasteiger partial charge in [-0.05, 0) is 91.8 Å². The quantitative estimate of drug-likeness (QED) is 0.360. The zero-order valence-electron chi connectivity index (χ0n) is 22.1.